The van der Waals surface area contributed by atoms with Crippen molar-refractivity contribution in [3.63, 3.8) is 0 Å². The van der Waals surface area contributed by atoms with Crippen molar-refractivity contribution in [3.8, 4) is 0 Å². The number of morpholine rings is 1. The summed E-state index contributed by atoms with van der Waals surface area (Å²) in [6.45, 7) is 4.76. The molecule has 0 aromatic carbocycles. The number of aromatic nitrogens is 1. The molecule has 3 nitrogen and oxygen atoms in total. The maximum Gasteiger partial charge on any atom is 0.0889 e. The topological polar surface area (TPSA) is 25.4 Å². The van der Waals surface area contributed by atoms with Gasteiger partial charge in [0.05, 0.1) is 19.4 Å². The summed E-state index contributed by atoms with van der Waals surface area (Å²) in [6.07, 6.45) is 4.63. The van der Waals surface area contributed by atoms with E-state index in [0.29, 0.717) is 0 Å². The SMILES string of the molecule is [c]1cc(CN2CCOCC2)ccn1. The summed E-state index contributed by atoms with van der Waals surface area (Å²) in [4.78, 5) is 6.25. The van der Waals surface area contributed by atoms with Gasteiger partial charge in [0.1, 0.15) is 0 Å². The normalized spacial score (nSPS) is 18.8. The predicted molar refractivity (Wildman–Crippen MR) is 49.2 cm³/mol. The maximum absolute atomic E-state index is 5.28. The van der Waals surface area contributed by atoms with Crippen molar-refractivity contribution < 1.29 is 4.74 Å². The van der Waals surface area contributed by atoms with Crippen LogP contribution in [0, 0.1) is 6.20 Å². The molecule has 0 spiro atoms. The van der Waals surface area contributed by atoms with Gasteiger partial charge in [-0.3, -0.25) is 9.88 Å². The largest absolute Gasteiger partial charge is 0.379 e. The third-order valence-corrected chi connectivity index (χ3v) is 2.20. The van der Waals surface area contributed by atoms with Gasteiger partial charge in [-0.25, -0.2) is 0 Å². The first kappa shape index (κ1) is 8.66. The van der Waals surface area contributed by atoms with Crippen LogP contribution in [0.2, 0.25) is 0 Å². The number of hydrogen-bond acceptors (Lipinski definition) is 3. The molecule has 0 aliphatic carbocycles. The van der Waals surface area contributed by atoms with Crippen LogP contribution in [0.15, 0.2) is 18.3 Å². The van der Waals surface area contributed by atoms with E-state index < -0.39 is 0 Å². The molecule has 0 N–H and O–H groups in total. The highest BCUT2D eigenvalue weighted by atomic mass is 16.5. The third kappa shape index (κ3) is 2.50. The van der Waals surface area contributed by atoms with Crippen molar-refractivity contribution in [2.45, 2.75) is 6.54 Å². The van der Waals surface area contributed by atoms with Crippen molar-refractivity contribution in [3.05, 3.63) is 30.1 Å². The molecular formula is C10H13N2O. The van der Waals surface area contributed by atoms with Gasteiger partial charge >= 0.3 is 0 Å². The van der Waals surface area contributed by atoms with E-state index in [1.165, 1.54) is 5.56 Å². The van der Waals surface area contributed by atoms with E-state index in [0.717, 1.165) is 32.8 Å². The second-order valence-electron chi connectivity index (χ2n) is 3.18. The zero-order chi connectivity index (χ0) is 8.93. The molecule has 0 atom stereocenters. The van der Waals surface area contributed by atoms with E-state index in [4.69, 9.17) is 4.74 Å². The van der Waals surface area contributed by atoms with Crippen molar-refractivity contribution >= 4 is 0 Å². The summed E-state index contributed by atoms with van der Waals surface area (Å²) in [7, 11) is 0. The Balaban J connectivity index is 1.90. The van der Waals surface area contributed by atoms with Crippen LogP contribution in [0.5, 0.6) is 0 Å². The summed E-state index contributed by atoms with van der Waals surface area (Å²) in [5.41, 5.74) is 1.27. The minimum absolute atomic E-state index is 0.856. The highest BCUT2D eigenvalue weighted by Crippen LogP contribution is 2.04. The summed E-state index contributed by atoms with van der Waals surface area (Å²) in [5.74, 6) is 0. The molecule has 1 aromatic rings. The monoisotopic (exact) mass is 177 g/mol. The fraction of sp³-hybridized carbons (Fsp3) is 0.500. The van der Waals surface area contributed by atoms with E-state index >= 15 is 0 Å². The first-order valence-electron chi connectivity index (χ1n) is 4.56. The minimum atomic E-state index is 0.856. The first-order valence-corrected chi connectivity index (χ1v) is 4.56. The molecule has 1 aliphatic rings. The Bertz CT molecular complexity index is 244. The lowest BCUT2D eigenvalue weighted by atomic mass is 10.2. The lowest BCUT2D eigenvalue weighted by Gasteiger charge is -2.26. The molecule has 1 aromatic heterocycles. The van der Waals surface area contributed by atoms with Gasteiger partial charge in [-0.2, -0.15) is 0 Å². The van der Waals surface area contributed by atoms with Crippen LogP contribution in [0.3, 0.4) is 0 Å². The quantitative estimate of drug-likeness (QED) is 0.665. The second kappa shape index (κ2) is 4.35. The van der Waals surface area contributed by atoms with E-state index in [-0.39, 0.29) is 0 Å². The van der Waals surface area contributed by atoms with Gasteiger partial charge in [-0.1, -0.05) is 0 Å². The Morgan fingerprint density at radius 2 is 2.31 bits per heavy atom. The smallest absolute Gasteiger partial charge is 0.0889 e. The van der Waals surface area contributed by atoms with E-state index in [9.17, 15) is 0 Å². The molecule has 13 heavy (non-hydrogen) atoms. The van der Waals surface area contributed by atoms with Gasteiger partial charge < -0.3 is 4.74 Å². The summed E-state index contributed by atoms with van der Waals surface area (Å²) in [6, 6.07) is 3.97. The van der Waals surface area contributed by atoms with Crippen LogP contribution in [-0.2, 0) is 11.3 Å². The molecule has 0 bridgehead atoms. The molecule has 0 amide bonds. The average Bonchev–Trinajstić information content (AvgIpc) is 2.21. The van der Waals surface area contributed by atoms with Crippen molar-refractivity contribution in [2.24, 2.45) is 0 Å². The minimum Gasteiger partial charge on any atom is -0.379 e. The molecule has 3 heteroatoms. The number of ether oxygens (including phenoxy) is 1. The maximum atomic E-state index is 5.28. The summed E-state index contributed by atoms with van der Waals surface area (Å²) < 4.78 is 5.28. The highest BCUT2D eigenvalue weighted by Gasteiger charge is 2.09. The predicted octanol–water partition coefficient (Wildman–Crippen LogP) is 0.714. The zero-order valence-electron chi connectivity index (χ0n) is 7.57. The number of nitrogens with zero attached hydrogens (tertiary/aromatic N) is 2. The zero-order valence-corrected chi connectivity index (χ0v) is 7.57. The standard InChI is InChI=1S/C10H13N2O/c1-3-11-4-2-10(1)9-12-5-7-13-8-6-12/h1-3H,5-9H2. The van der Waals surface area contributed by atoms with Gasteiger partial charge in [0.25, 0.3) is 0 Å². The van der Waals surface area contributed by atoms with Crippen LogP contribution in [-0.4, -0.2) is 36.2 Å². The average molecular weight is 177 g/mol. The van der Waals surface area contributed by atoms with Crippen LogP contribution < -0.4 is 0 Å². The van der Waals surface area contributed by atoms with Crippen LogP contribution in [0.25, 0.3) is 0 Å². The van der Waals surface area contributed by atoms with Crippen LogP contribution in [0.1, 0.15) is 5.56 Å². The van der Waals surface area contributed by atoms with Crippen LogP contribution >= 0.6 is 0 Å². The third-order valence-electron chi connectivity index (χ3n) is 2.20. The highest BCUT2D eigenvalue weighted by molar-refractivity contribution is 5.08. The lowest BCUT2D eigenvalue weighted by Crippen LogP contribution is -2.35. The fourth-order valence-electron chi connectivity index (χ4n) is 1.46. The van der Waals surface area contributed by atoms with Gasteiger partial charge in [0.15, 0.2) is 0 Å². The Morgan fingerprint density at radius 3 is 3.00 bits per heavy atom. The number of pyridine rings is 1. The fourth-order valence-corrected chi connectivity index (χ4v) is 1.46. The Kier molecular flexibility index (Phi) is 2.90. The summed E-state index contributed by atoms with van der Waals surface area (Å²) in [5, 5.41) is 0. The molecule has 2 rings (SSSR count). The van der Waals surface area contributed by atoms with Gasteiger partial charge in [0.2, 0.25) is 0 Å². The van der Waals surface area contributed by atoms with Gasteiger partial charge in [-0.15, -0.1) is 0 Å². The molecular weight excluding hydrogens is 164 g/mol. The number of rotatable bonds is 2. The van der Waals surface area contributed by atoms with Crippen LogP contribution in [0.4, 0.5) is 0 Å². The molecule has 1 saturated heterocycles. The molecule has 69 valence electrons. The molecule has 0 saturated carbocycles. The van der Waals surface area contributed by atoms with Gasteiger partial charge in [-0.05, 0) is 17.7 Å². The summed E-state index contributed by atoms with van der Waals surface area (Å²) >= 11 is 0. The van der Waals surface area contributed by atoms with E-state index in [1.807, 2.05) is 12.1 Å². The number of hydrogen-bond donors (Lipinski definition) is 0. The lowest BCUT2D eigenvalue weighted by molar-refractivity contribution is 0.0342. The molecule has 0 unspecified atom stereocenters. The Morgan fingerprint density at radius 1 is 1.46 bits per heavy atom. The molecule has 1 fully saturated rings. The molecule has 1 radical (unpaired) electrons. The second-order valence-corrected chi connectivity index (χ2v) is 3.18. The van der Waals surface area contributed by atoms with Crippen molar-refractivity contribution in [1.29, 1.82) is 0 Å². The van der Waals surface area contributed by atoms with E-state index in [1.54, 1.807) is 6.20 Å². The molecule has 1 aliphatic heterocycles. The van der Waals surface area contributed by atoms with Gasteiger partial charge in [0, 0.05) is 25.8 Å². The van der Waals surface area contributed by atoms with E-state index in [2.05, 4.69) is 16.1 Å². The molecule has 2 heterocycles. The first-order chi connectivity index (χ1) is 6.45. The Hall–Kier alpha value is -0.930. The van der Waals surface area contributed by atoms with Crippen molar-refractivity contribution in [2.75, 3.05) is 26.3 Å². The Labute approximate surface area is 78.3 Å². The van der Waals surface area contributed by atoms with Crippen molar-refractivity contribution in [1.82, 2.24) is 9.88 Å².